The summed E-state index contributed by atoms with van der Waals surface area (Å²) in [5.41, 5.74) is 2.25. The van der Waals surface area contributed by atoms with Crippen molar-refractivity contribution in [3.8, 4) is 0 Å². The van der Waals surface area contributed by atoms with Gasteiger partial charge in [-0.1, -0.05) is 0 Å². The molecule has 1 aromatic rings. The minimum atomic E-state index is -0.229. The molecule has 1 aliphatic carbocycles. The maximum atomic E-state index is 12.5. The molecule has 0 radical (unpaired) electrons. The molecule has 0 bridgehead atoms. The number of carbonyl (C=O) groups excluding carboxylic acids is 1. The first-order valence-corrected chi connectivity index (χ1v) is 7.51. The Labute approximate surface area is 118 Å². The highest BCUT2D eigenvalue weighted by Gasteiger charge is 2.22. The minimum absolute atomic E-state index is 0.122. The summed E-state index contributed by atoms with van der Waals surface area (Å²) in [6, 6.07) is 1.83. The van der Waals surface area contributed by atoms with Crippen molar-refractivity contribution < 1.29 is 4.79 Å². The lowest BCUT2D eigenvalue weighted by molar-refractivity contribution is 0.0764. The number of aromatic amines is 1. The van der Waals surface area contributed by atoms with Gasteiger partial charge in [0.15, 0.2) is 0 Å². The van der Waals surface area contributed by atoms with Crippen LogP contribution in [0.3, 0.4) is 0 Å². The van der Waals surface area contributed by atoms with E-state index in [1.54, 1.807) is 4.90 Å². The third-order valence-corrected chi connectivity index (χ3v) is 4.20. The highest BCUT2D eigenvalue weighted by Crippen LogP contribution is 2.19. The normalized spacial score (nSPS) is 19.3. The van der Waals surface area contributed by atoms with E-state index >= 15 is 0 Å². The lowest BCUT2D eigenvalue weighted by atomic mass is 9.95. The number of amides is 1. The summed E-state index contributed by atoms with van der Waals surface area (Å²) in [4.78, 5) is 29.4. The molecule has 3 rings (SSSR count). The van der Waals surface area contributed by atoms with Crippen molar-refractivity contribution in [3.05, 3.63) is 33.2 Å². The fourth-order valence-corrected chi connectivity index (χ4v) is 3.05. The molecule has 0 atom stereocenters. The van der Waals surface area contributed by atoms with E-state index in [-0.39, 0.29) is 11.5 Å². The van der Waals surface area contributed by atoms with E-state index in [9.17, 15) is 9.59 Å². The van der Waals surface area contributed by atoms with Gasteiger partial charge in [-0.05, 0) is 50.3 Å². The lowest BCUT2D eigenvalue weighted by Gasteiger charge is -2.21. The molecule has 0 spiro atoms. The summed E-state index contributed by atoms with van der Waals surface area (Å²) < 4.78 is 0. The van der Waals surface area contributed by atoms with E-state index < -0.39 is 0 Å². The summed E-state index contributed by atoms with van der Waals surface area (Å²) in [6.45, 7) is 3.14. The molecule has 5 heteroatoms. The predicted octanol–water partition coefficient (Wildman–Crippen LogP) is 0.689. The summed E-state index contributed by atoms with van der Waals surface area (Å²) >= 11 is 0. The van der Waals surface area contributed by atoms with Crippen molar-refractivity contribution >= 4 is 5.91 Å². The van der Waals surface area contributed by atoms with E-state index in [0.717, 1.165) is 63.0 Å². The van der Waals surface area contributed by atoms with Crippen molar-refractivity contribution in [2.75, 3.05) is 26.2 Å². The van der Waals surface area contributed by atoms with Gasteiger partial charge in [0.1, 0.15) is 5.56 Å². The zero-order valence-corrected chi connectivity index (χ0v) is 11.7. The zero-order valence-electron chi connectivity index (χ0n) is 11.7. The number of carbonyl (C=O) groups is 1. The van der Waals surface area contributed by atoms with Crippen LogP contribution in [-0.4, -0.2) is 42.0 Å². The topological polar surface area (TPSA) is 65.2 Å². The van der Waals surface area contributed by atoms with Crippen molar-refractivity contribution in [2.45, 2.75) is 32.1 Å². The minimum Gasteiger partial charge on any atom is -0.337 e. The van der Waals surface area contributed by atoms with Crippen molar-refractivity contribution in [1.82, 2.24) is 15.2 Å². The van der Waals surface area contributed by atoms with E-state index in [2.05, 4.69) is 10.3 Å². The van der Waals surface area contributed by atoms with Crippen molar-refractivity contribution in [2.24, 2.45) is 0 Å². The van der Waals surface area contributed by atoms with Gasteiger partial charge in [0.2, 0.25) is 0 Å². The van der Waals surface area contributed by atoms with Crippen LogP contribution in [0, 0.1) is 0 Å². The second-order valence-corrected chi connectivity index (χ2v) is 5.62. The number of hydrogen-bond acceptors (Lipinski definition) is 3. The van der Waals surface area contributed by atoms with E-state index in [0.29, 0.717) is 12.1 Å². The molecule has 2 heterocycles. The summed E-state index contributed by atoms with van der Waals surface area (Å²) in [5, 5.41) is 3.27. The first kappa shape index (κ1) is 13.4. The summed E-state index contributed by atoms with van der Waals surface area (Å²) in [6.07, 6.45) is 5.09. The number of fused-ring (bicyclic) bond motifs is 1. The number of nitrogens with one attached hydrogen (secondary N) is 2. The van der Waals surface area contributed by atoms with E-state index in [4.69, 9.17) is 0 Å². The van der Waals surface area contributed by atoms with Crippen molar-refractivity contribution in [1.29, 1.82) is 0 Å². The second kappa shape index (κ2) is 5.79. The Morgan fingerprint density at radius 1 is 1.10 bits per heavy atom. The molecule has 5 nitrogen and oxygen atoms in total. The number of rotatable bonds is 1. The molecule has 2 aliphatic rings. The van der Waals surface area contributed by atoms with Gasteiger partial charge in [0, 0.05) is 25.3 Å². The van der Waals surface area contributed by atoms with Gasteiger partial charge < -0.3 is 15.2 Å². The number of hydrogen-bond donors (Lipinski definition) is 2. The monoisotopic (exact) mass is 275 g/mol. The average Bonchev–Trinajstić information content (AvgIpc) is 2.75. The first-order valence-electron chi connectivity index (χ1n) is 7.51. The van der Waals surface area contributed by atoms with Crippen LogP contribution in [0.4, 0.5) is 0 Å². The quantitative estimate of drug-likeness (QED) is 0.792. The van der Waals surface area contributed by atoms with Crippen LogP contribution in [0.25, 0.3) is 0 Å². The van der Waals surface area contributed by atoms with E-state index in [1.807, 2.05) is 6.07 Å². The highest BCUT2D eigenvalue weighted by atomic mass is 16.2. The van der Waals surface area contributed by atoms with Gasteiger partial charge in [0.05, 0.1) is 0 Å². The molecule has 2 N–H and O–H groups in total. The fourth-order valence-electron chi connectivity index (χ4n) is 3.05. The molecule has 1 amide bonds. The van der Waals surface area contributed by atoms with Crippen LogP contribution >= 0.6 is 0 Å². The molecule has 0 unspecified atom stereocenters. The number of aromatic nitrogens is 1. The van der Waals surface area contributed by atoms with E-state index in [1.165, 1.54) is 0 Å². The molecule has 0 aromatic carbocycles. The molecule has 1 aromatic heterocycles. The molecule has 0 saturated carbocycles. The Morgan fingerprint density at radius 2 is 1.95 bits per heavy atom. The first-order chi connectivity index (χ1) is 9.75. The van der Waals surface area contributed by atoms with Crippen LogP contribution in [0.5, 0.6) is 0 Å². The molecule has 1 aliphatic heterocycles. The molecule has 108 valence electrons. The van der Waals surface area contributed by atoms with Crippen molar-refractivity contribution in [3.63, 3.8) is 0 Å². The molecular weight excluding hydrogens is 254 g/mol. The van der Waals surface area contributed by atoms with Crippen LogP contribution < -0.4 is 10.9 Å². The Bertz CT molecular complexity index is 557. The SMILES string of the molecule is O=C(c1cc2c([nH]c1=O)CCCC2)N1CCCNCC1. The Morgan fingerprint density at radius 3 is 2.85 bits per heavy atom. The number of H-pyrrole nitrogens is 1. The maximum absolute atomic E-state index is 12.5. The third kappa shape index (κ3) is 2.63. The Hall–Kier alpha value is -1.62. The molecular formula is C15H21N3O2. The number of pyridine rings is 1. The smallest absolute Gasteiger partial charge is 0.261 e. The number of aryl methyl sites for hydroxylation is 2. The zero-order chi connectivity index (χ0) is 13.9. The standard InChI is InChI=1S/C15H21N3O2/c19-14-12(10-11-4-1-2-5-13(11)17-14)15(20)18-8-3-6-16-7-9-18/h10,16H,1-9H2,(H,17,19). The summed E-state index contributed by atoms with van der Waals surface area (Å²) in [7, 11) is 0. The van der Waals surface area contributed by atoms with Crippen LogP contribution in [0.2, 0.25) is 0 Å². The molecule has 1 fully saturated rings. The van der Waals surface area contributed by atoms with Gasteiger partial charge >= 0.3 is 0 Å². The largest absolute Gasteiger partial charge is 0.337 e. The highest BCUT2D eigenvalue weighted by molar-refractivity contribution is 5.94. The Balaban J connectivity index is 1.88. The maximum Gasteiger partial charge on any atom is 0.261 e. The second-order valence-electron chi connectivity index (χ2n) is 5.62. The third-order valence-electron chi connectivity index (χ3n) is 4.20. The lowest BCUT2D eigenvalue weighted by Crippen LogP contribution is -2.37. The van der Waals surface area contributed by atoms with Crippen LogP contribution in [-0.2, 0) is 12.8 Å². The summed E-state index contributed by atoms with van der Waals surface area (Å²) in [5.74, 6) is -0.122. The number of nitrogens with zero attached hydrogens (tertiary/aromatic N) is 1. The van der Waals surface area contributed by atoms with Gasteiger partial charge in [0.25, 0.3) is 11.5 Å². The predicted molar refractivity (Wildman–Crippen MR) is 77.1 cm³/mol. The van der Waals surface area contributed by atoms with Crippen LogP contribution in [0.15, 0.2) is 10.9 Å². The average molecular weight is 275 g/mol. The molecule has 1 saturated heterocycles. The molecule has 20 heavy (non-hydrogen) atoms. The van der Waals surface area contributed by atoms with Gasteiger partial charge in [-0.25, -0.2) is 0 Å². The fraction of sp³-hybridized carbons (Fsp3) is 0.600. The Kier molecular flexibility index (Phi) is 3.87. The van der Waals surface area contributed by atoms with Gasteiger partial charge in [-0.2, -0.15) is 0 Å². The van der Waals surface area contributed by atoms with Gasteiger partial charge in [-0.3, -0.25) is 9.59 Å². The van der Waals surface area contributed by atoms with Gasteiger partial charge in [-0.15, -0.1) is 0 Å². The van der Waals surface area contributed by atoms with Crippen LogP contribution in [0.1, 0.15) is 40.9 Å².